The first-order valence-corrected chi connectivity index (χ1v) is 10.2. The van der Waals surface area contributed by atoms with Crippen LogP contribution < -0.4 is 10.6 Å². The van der Waals surface area contributed by atoms with Crippen LogP contribution in [0.1, 0.15) is 16.7 Å². The SMILES string of the molecule is CSCCNC(=NCC(O)c1ccc(Cl)s1)NCCc1ccco1. The number of hydrogen-bond acceptors (Lipinski definition) is 5. The van der Waals surface area contributed by atoms with E-state index in [2.05, 4.69) is 21.9 Å². The number of aliphatic hydroxyl groups excluding tert-OH is 1. The van der Waals surface area contributed by atoms with Crippen molar-refractivity contribution in [1.29, 1.82) is 0 Å². The Morgan fingerprint density at radius 1 is 1.38 bits per heavy atom. The highest BCUT2D eigenvalue weighted by atomic mass is 35.5. The van der Waals surface area contributed by atoms with Crippen LogP contribution in [0.5, 0.6) is 0 Å². The van der Waals surface area contributed by atoms with Crippen LogP contribution in [0.15, 0.2) is 39.9 Å². The van der Waals surface area contributed by atoms with Crippen LogP contribution >= 0.6 is 34.7 Å². The molecule has 2 rings (SSSR count). The second-order valence-electron chi connectivity index (χ2n) is 5.02. The highest BCUT2D eigenvalue weighted by molar-refractivity contribution is 7.98. The van der Waals surface area contributed by atoms with Crippen molar-refractivity contribution in [1.82, 2.24) is 10.6 Å². The largest absolute Gasteiger partial charge is 0.469 e. The summed E-state index contributed by atoms with van der Waals surface area (Å²) in [4.78, 5) is 5.29. The Bertz CT molecular complexity index is 617. The van der Waals surface area contributed by atoms with Crippen molar-refractivity contribution >= 4 is 40.7 Å². The molecule has 5 nitrogen and oxygen atoms in total. The number of hydrogen-bond donors (Lipinski definition) is 3. The number of aliphatic hydroxyl groups is 1. The van der Waals surface area contributed by atoms with Crippen molar-refractivity contribution in [2.75, 3.05) is 31.6 Å². The maximum atomic E-state index is 10.2. The first kappa shape index (κ1) is 19.2. The molecule has 8 heteroatoms. The lowest BCUT2D eigenvalue weighted by Gasteiger charge is -2.13. The van der Waals surface area contributed by atoms with Gasteiger partial charge in [0.2, 0.25) is 0 Å². The van der Waals surface area contributed by atoms with Gasteiger partial charge in [-0.05, 0) is 30.5 Å². The van der Waals surface area contributed by atoms with Gasteiger partial charge in [-0.25, -0.2) is 0 Å². The fraction of sp³-hybridized carbons (Fsp3) is 0.438. The van der Waals surface area contributed by atoms with E-state index < -0.39 is 6.10 Å². The first-order valence-electron chi connectivity index (χ1n) is 7.66. The minimum atomic E-state index is -0.647. The molecule has 132 valence electrons. The lowest BCUT2D eigenvalue weighted by Crippen LogP contribution is -2.39. The summed E-state index contributed by atoms with van der Waals surface area (Å²) in [7, 11) is 0. The second kappa shape index (κ2) is 10.7. The number of nitrogens with zero attached hydrogens (tertiary/aromatic N) is 1. The molecule has 0 spiro atoms. The summed E-state index contributed by atoms with van der Waals surface area (Å²) in [5, 5.41) is 16.7. The van der Waals surface area contributed by atoms with E-state index in [1.54, 1.807) is 24.1 Å². The van der Waals surface area contributed by atoms with E-state index >= 15 is 0 Å². The zero-order chi connectivity index (χ0) is 17.2. The third kappa shape index (κ3) is 6.76. The van der Waals surface area contributed by atoms with E-state index in [9.17, 15) is 5.11 Å². The smallest absolute Gasteiger partial charge is 0.191 e. The second-order valence-corrected chi connectivity index (χ2v) is 7.75. The number of furan rings is 1. The van der Waals surface area contributed by atoms with Gasteiger partial charge in [-0.1, -0.05) is 11.6 Å². The highest BCUT2D eigenvalue weighted by Gasteiger charge is 2.10. The number of rotatable bonds is 9. The van der Waals surface area contributed by atoms with Gasteiger partial charge in [-0.3, -0.25) is 4.99 Å². The van der Waals surface area contributed by atoms with Gasteiger partial charge in [0, 0.05) is 30.1 Å². The van der Waals surface area contributed by atoms with Gasteiger partial charge in [0.05, 0.1) is 17.1 Å². The topological polar surface area (TPSA) is 69.8 Å². The number of guanidine groups is 1. The molecule has 0 saturated carbocycles. The molecule has 0 fully saturated rings. The molecule has 2 aromatic rings. The van der Waals surface area contributed by atoms with Crippen LogP contribution in [0, 0.1) is 0 Å². The molecule has 2 aromatic heterocycles. The van der Waals surface area contributed by atoms with Crippen LogP contribution in [-0.2, 0) is 6.42 Å². The lowest BCUT2D eigenvalue weighted by atomic mass is 10.3. The molecule has 0 aromatic carbocycles. The lowest BCUT2D eigenvalue weighted by molar-refractivity contribution is 0.191. The van der Waals surface area contributed by atoms with Crippen LogP contribution in [0.3, 0.4) is 0 Å². The normalized spacial score (nSPS) is 13.0. The third-order valence-corrected chi connectivity index (χ3v) is 5.13. The summed E-state index contributed by atoms with van der Waals surface area (Å²) < 4.78 is 5.99. The van der Waals surface area contributed by atoms with Gasteiger partial charge in [0.25, 0.3) is 0 Å². The number of halogens is 1. The van der Waals surface area contributed by atoms with Gasteiger partial charge < -0.3 is 20.2 Å². The van der Waals surface area contributed by atoms with Crippen LogP contribution in [-0.4, -0.2) is 42.7 Å². The fourth-order valence-corrected chi connectivity index (χ4v) is 3.32. The van der Waals surface area contributed by atoms with Gasteiger partial charge in [0.15, 0.2) is 5.96 Å². The average molecular weight is 388 g/mol. The van der Waals surface area contributed by atoms with E-state index in [0.29, 0.717) is 16.8 Å². The predicted octanol–water partition coefficient (Wildman–Crippen LogP) is 3.17. The van der Waals surface area contributed by atoms with E-state index in [0.717, 1.165) is 29.4 Å². The molecular formula is C16H22ClN3O2S2. The summed E-state index contributed by atoms with van der Waals surface area (Å²) >= 11 is 9.05. The summed E-state index contributed by atoms with van der Waals surface area (Å²) in [5.41, 5.74) is 0. The first-order chi connectivity index (χ1) is 11.7. The molecule has 0 saturated heterocycles. The van der Waals surface area contributed by atoms with Gasteiger partial charge >= 0.3 is 0 Å². The Kier molecular flexibility index (Phi) is 8.52. The molecule has 24 heavy (non-hydrogen) atoms. The molecule has 1 unspecified atom stereocenters. The van der Waals surface area contributed by atoms with Crippen molar-refractivity contribution in [3.63, 3.8) is 0 Å². The molecule has 0 aliphatic carbocycles. The minimum Gasteiger partial charge on any atom is -0.469 e. The van der Waals surface area contributed by atoms with Gasteiger partial charge in [0.1, 0.15) is 11.9 Å². The van der Waals surface area contributed by atoms with Crippen molar-refractivity contribution in [3.8, 4) is 0 Å². The molecule has 2 heterocycles. The van der Waals surface area contributed by atoms with E-state index in [1.807, 2.05) is 18.2 Å². The minimum absolute atomic E-state index is 0.284. The standard InChI is InChI=1S/C16H22ClN3O2S2/c1-23-10-8-19-16(18-7-6-12-3-2-9-22-12)20-11-13(21)14-4-5-15(17)24-14/h2-5,9,13,21H,6-8,10-11H2,1H3,(H2,18,19,20). The zero-order valence-electron chi connectivity index (χ0n) is 13.5. The molecular weight excluding hydrogens is 366 g/mol. The Labute approximate surface area is 155 Å². The maximum absolute atomic E-state index is 10.2. The van der Waals surface area contributed by atoms with Crippen molar-refractivity contribution < 1.29 is 9.52 Å². The molecule has 0 aliphatic heterocycles. The summed E-state index contributed by atoms with van der Waals surface area (Å²) in [6.45, 7) is 1.81. The number of aliphatic imine (C=N–C) groups is 1. The number of nitrogens with one attached hydrogen (secondary N) is 2. The summed E-state index contributed by atoms with van der Waals surface area (Å²) in [6, 6.07) is 7.44. The van der Waals surface area contributed by atoms with Crippen LogP contribution in [0.25, 0.3) is 0 Å². The van der Waals surface area contributed by atoms with E-state index in [-0.39, 0.29) is 6.54 Å². The Balaban J connectivity index is 1.85. The molecule has 3 N–H and O–H groups in total. The maximum Gasteiger partial charge on any atom is 0.191 e. The fourth-order valence-electron chi connectivity index (χ4n) is 1.98. The average Bonchev–Trinajstić information content (AvgIpc) is 3.23. The van der Waals surface area contributed by atoms with Crippen molar-refractivity contribution in [2.45, 2.75) is 12.5 Å². The van der Waals surface area contributed by atoms with E-state index in [1.165, 1.54) is 11.3 Å². The highest BCUT2D eigenvalue weighted by Crippen LogP contribution is 2.26. The Hall–Kier alpha value is -1.15. The van der Waals surface area contributed by atoms with Crippen LogP contribution in [0.4, 0.5) is 0 Å². The van der Waals surface area contributed by atoms with Crippen molar-refractivity contribution in [2.24, 2.45) is 4.99 Å². The monoisotopic (exact) mass is 387 g/mol. The molecule has 0 bridgehead atoms. The molecule has 0 amide bonds. The Morgan fingerprint density at radius 2 is 2.21 bits per heavy atom. The molecule has 0 radical (unpaired) electrons. The quantitative estimate of drug-likeness (QED) is 0.350. The van der Waals surface area contributed by atoms with E-state index in [4.69, 9.17) is 16.0 Å². The number of thioether (sulfide) groups is 1. The third-order valence-electron chi connectivity index (χ3n) is 3.19. The zero-order valence-corrected chi connectivity index (χ0v) is 15.9. The summed E-state index contributed by atoms with van der Waals surface area (Å²) in [6.07, 6.45) is 3.86. The number of thiophene rings is 1. The molecule has 0 aliphatic rings. The van der Waals surface area contributed by atoms with Crippen molar-refractivity contribution in [3.05, 3.63) is 45.5 Å². The summed E-state index contributed by atoms with van der Waals surface area (Å²) in [5.74, 6) is 2.61. The van der Waals surface area contributed by atoms with Gasteiger partial charge in [-0.15, -0.1) is 11.3 Å². The Morgan fingerprint density at radius 3 is 2.88 bits per heavy atom. The van der Waals surface area contributed by atoms with Gasteiger partial charge in [-0.2, -0.15) is 11.8 Å². The molecule has 1 atom stereocenters. The van der Waals surface area contributed by atoms with Crippen LogP contribution in [0.2, 0.25) is 4.34 Å². The predicted molar refractivity (Wildman–Crippen MR) is 103 cm³/mol.